The first-order chi connectivity index (χ1) is 8.91. The van der Waals surface area contributed by atoms with Crippen molar-refractivity contribution in [2.45, 2.75) is 20.0 Å². The van der Waals surface area contributed by atoms with Crippen LogP contribution in [0.25, 0.3) is 6.08 Å². The molecule has 0 bridgehead atoms. The predicted octanol–water partition coefficient (Wildman–Crippen LogP) is 1.70. The average Bonchev–Trinajstić information content (AvgIpc) is 2.33. The van der Waals surface area contributed by atoms with E-state index in [-0.39, 0.29) is 40.9 Å². The van der Waals surface area contributed by atoms with Gasteiger partial charge in [-0.3, -0.25) is 4.79 Å². The molecule has 1 aromatic carbocycles. The van der Waals surface area contributed by atoms with Crippen molar-refractivity contribution >= 4 is 11.9 Å². The number of carbonyl (C=O) groups is 1. The highest BCUT2D eigenvalue weighted by Crippen LogP contribution is 2.41. The third-order valence-corrected chi connectivity index (χ3v) is 2.88. The average molecular weight is 264 g/mol. The van der Waals surface area contributed by atoms with E-state index in [0.717, 1.165) is 0 Å². The fourth-order valence-corrected chi connectivity index (χ4v) is 1.86. The van der Waals surface area contributed by atoms with E-state index in [2.05, 4.69) is 0 Å². The highest BCUT2D eigenvalue weighted by Gasteiger charge is 2.32. The molecule has 1 aliphatic rings. The number of allylic oxidation sites excluding steroid dienone is 1. The smallest absolute Gasteiger partial charge is 0.202 e. The van der Waals surface area contributed by atoms with Gasteiger partial charge in [-0.2, -0.15) is 0 Å². The Morgan fingerprint density at radius 2 is 2.11 bits per heavy atom. The summed E-state index contributed by atoms with van der Waals surface area (Å²) in [6.45, 7) is 3.72. The van der Waals surface area contributed by atoms with E-state index in [1.54, 1.807) is 12.2 Å². The van der Waals surface area contributed by atoms with E-state index in [1.807, 2.05) is 13.8 Å². The summed E-state index contributed by atoms with van der Waals surface area (Å²) in [6.07, 6.45) is 2.04. The van der Waals surface area contributed by atoms with Crippen LogP contribution in [-0.2, 0) is 0 Å². The van der Waals surface area contributed by atoms with Gasteiger partial charge < -0.3 is 20.1 Å². The zero-order chi connectivity index (χ0) is 14.2. The summed E-state index contributed by atoms with van der Waals surface area (Å²) >= 11 is 0. The maximum atomic E-state index is 11.8. The molecule has 1 heterocycles. The van der Waals surface area contributed by atoms with Crippen molar-refractivity contribution in [1.82, 2.24) is 0 Å². The first-order valence-corrected chi connectivity index (χ1v) is 6.04. The fourth-order valence-electron chi connectivity index (χ4n) is 1.86. The third-order valence-electron chi connectivity index (χ3n) is 2.88. The molecular weight excluding hydrogens is 248 g/mol. The van der Waals surface area contributed by atoms with Crippen LogP contribution in [-0.4, -0.2) is 33.8 Å². The predicted molar refractivity (Wildman–Crippen MR) is 69.5 cm³/mol. The summed E-state index contributed by atoms with van der Waals surface area (Å²) in [7, 11) is 0. The number of phenolic OH excluding ortho intramolecular Hbond substituents is 2. The Kier molecular flexibility index (Phi) is 3.48. The van der Waals surface area contributed by atoms with E-state index in [0.29, 0.717) is 0 Å². The fraction of sp³-hybridized carbons (Fsp3) is 0.357. The molecular formula is C14H16O5. The minimum Gasteiger partial charge on any atom is -0.507 e. The van der Waals surface area contributed by atoms with Crippen molar-refractivity contribution in [3.05, 3.63) is 23.3 Å². The molecule has 0 aromatic heterocycles. The number of ether oxygens (including phenoxy) is 1. The summed E-state index contributed by atoms with van der Waals surface area (Å²) in [5.74, 6) is -0.815. The zero-order valence-electron chi connectivity index (χ0n) is 10.8. The Morgan fingerprint density at radius 1 is 1.42 bits per heavy atom. The zero-order valence-corrected chi connectivity index (χ0v) is 10.8. The van der Waals surface area contributed by atoms with Gasteiger partial charge in [0, 0.05) is 6.07 Å². The van der Waals surface area contributed by atoms with Crippen LogP contribution in [0.15, 0.2) is 12.1 Å². The highest BCUT2D eigenvalue weighted by atomic mass is 16.5. The number of benzene rings is 1. The number of aromatic hydroxyl groups is 2. The van der Waals surface area contributed by atoms with Crippen LogP contribution >= 0.6 is 0 Å². The second-order valence-corrected chi connectivity index (χ2v) is 4.83. The molecule has 0 saturated heterocycles. The van der Waals surface area contributed by atoms with Gasteiger partial charge in [0.05, 0.1) is 5.56 Å². The van der Waals surface area contributed by atoms with E-state index in [1.165, 1.54) is 6.07 Å². The third kappa shape index (κ3) is 2.42. The largest absolute Gasteiger partial charge is 0.507 e. The molecule has 1 aromatic rings. The van der Waals surface area contributed by atoms with E-state index >= 15 is 0 Å². The molecule has 0 radical (unpaired) electrons. The number of hydrogen-bond donors (Lipinski definition) is 3. The van der Waals surface area contributed by atoms with Crippen molar-refractivity contribution in [2.75, 3.05) is 6.61 Å². The van der Waals surface area contributed by atoms with Crippen LogP contribution in [0, 0.1) is 5.92 Å². The molecule has 5 nitrogen and oxygen atoms in total. The van der Waals surface area contributed by atoms with Crippen molar-refractivity contribution in [1.29, 1.82) is 0 Å². The van der Waals surface area contributed by atoms with Crippen LogP contribution in [0.4, 0.5) is 0 Å². The number of fused-ring (bicyclic) bond motifs is 1. The van der Waals surface area contributed by atoms with Gasteiger partial charge in [0.1, 0.15) is 29.4 Å². The van der Waals surface area contributed by atoms with Gasteiger partial charge in [0.2, 0.25) is 5.78 Å². The van der Waals surface area contributed by atoms with Crippen LogP contribution in [0.2, 0.25) is 0 Å². The first kappa shape index (κ1) is 13.4. The maximum Gasteiger partial charge on any atom is 0.202 e. The minimum absolute atomic E-state index is 0.0834. The molecule has 5 heteroatoms. The second kappa shape index (κ2) is 4.93. The van der Waals surface area contributed by atoms with Gasteiger partial charge in [-0.15, -0.1) is 0 Å². The Labute approximate surface area is 110 Å². The minimum atomic E-state index is -1.29. The van der Waals surface area contributed by atoms with Gasteiger partial charge in [-0.25, -0.2) is 0 Å². The topological polar surface area (TPSA) is 87.0 Å². The Morgan fingerprint density at radius 3 is 2.74 bits per heavy atom. The molecule has 0 fully saturated rings. The maximum absolute atomic E-state index is 11.8. The lowest BCUT2D eigenvalue weighted by Gasteiger charge is -2.22. The summed E-state index contributed by atoms with van der Waals surface area (Å²) in [6, 6.07) is 1.28. The van der Waals surface area contributed by atoms with Crippen molar-refractivity contribution in [3.8, 4) is 17.2 Å². The quantitative estimate of drug-likeness (QED) is 0.756. The second-order valence-electron chi connectivity index (χ2n) is 4.83. The normalized spacial score (nSPS) is 18.7. The molecule has 1 atom stereocenters. The number of aliphatic hydroxyl groups is 1. The monoisotopic (exact) mass is 264 g/mol. The van der Waals surface area contributed by atoms with Crippen molar-refractivity contribution in [3.63, 3.8) is 0 Å². The number of phenols is 2. The highest BCUT2D eigenvalue weighted by molar-refractivity contribution is 6.06. The molecule has 0 amide bonds. The lowest BCUT2D eigenvalue weighted by molar-refractivity contribution is 0.0552. The Hall–Kier alpha value is -2.01. The molecule has 102 valence electrons. The van der Waals surface area contributed by atoms with Crippen molar-refractivity contribution < 1.29 is 24.9 Å². The Bertz CT molecular complexity index is 545. The molecule has 19 heavy (non-hydrogen) atoms. The van der Waals surface area contributed by atoms with Gasteiger partial charge in [-0.1, -0.05) is 26.0 Å². The number of aliphatic hydroxyl groups excluding tert-OH is 1. The van der Waals surface area contributed by atoms with Gasteiger partial charge in [-0.05, 0) is 5.92 Å². The van der Waals surface area contributed by atoms with Gasteiger partial charge >= 0.3 is 0 Å². The molecule has 0 aliphatic carbocycles. The summed E-state index contributed by atoms with van der Waals surface area (Å²) < 4.78 is 5.13. The lowest BCUT2D eigenvalue weighted by Crippen LogP contribution is -2.32. The van der Waals surface area contributed by atoms with Crippen molar-refractivity contribution in [2.24, 2.45) is 5.92 Å². The molecule has 0 spiro atoms. The van der Waals surface area contributed by atoms with Crippen LogP contribution in [0.5, 0.6) is 17.2 Å². The number of ketones is 1. The van der Waals surface area contributed by atoms with E-state index in [4.69, 9.17) is 4.74 Å². The molecule has 0 unspecified atom stereocenters. The summed E-state index contributed by atoms with van der Waals surface area (Å²) in [5, 5.41) is 29.4. The van der Waals surface area contributed by atoms with Gasteiger partial charge in [0.15, 0.2) is 6.10 Å². The van der Waals surface area contributed by atoms with E-state index in [9.17, 15) is 20.1 Å². The van der Waals surface area contributed by atoms with Crippen LogP contribution in [0.3, 0.4) is 0 Å². The van der Waals surface area contributed by atoms with E-state index < -0.39 is 11.9 Å². The standard InChI is InChI=1S/C14H16O5/c1-7(2)3-4-8-9(15)5-11-12(13(8)17)14(18)10(16)6-19-11/h3-5,7,10,15-17H,6H2,1-2H3/b4-3+/t10-/m1/s1. The SMILES string of the molecule is CC(C)/C=C/c1c(O)cc2c(c1O)C(=O)[C@H](O)CO2. The van der Waals surface area contributed by atoms with Crippen LogP contribution < -0.4 is 4.74 Å². The summed E-state index contributed by atoms with van der Waals surface area (Å²) in [4.78, 5) is 11.8. The lowest BCUT2D eigenvalue weighted by atomic mass is 9.97. The number of hydrogen-bond acceptors (Lipinski definition) is 5. The van der Waals surface area contributed by atoms with Gasteiger partial charge in [0.25, 0.3) is 0 Å². The number of carbonyl (C=O) groups excluding carboxylic acids is 1. The first-order valence-electron chi connectivity index (χ1n) is 6.04. The molecule has 0 saturated carbocycles. The molecule has 3 N–H and O–H groups in total. The molecule has 2 rings (SSSR count). The summed E-state index contributed by atoms with van der Waals surface area (Å²) in [5.41, 5.74) is 0.0680. The Balaban J connectivity index is 2.56. The van der Waals surface area contributed by atoms with Crippen LogP contribution in [0.1, 0.15) is 29.8 Å². The molecule has 1 aliphatic heterocycles. The number of rotatable bonds is 2. The number of Topliss-reactive ketones (excluding diaryl/α,β-unsaturated/α-hetero) is 1.